The van der Waals surface area contributed by atoms with Crippen molar-refractivity contribution in [2.24, 2.45) is 0 Å². The number of hydrogen-bond donors (Lipinski definition) is 0. The van der Waals surface area contributed by atoms with Gasteiger partial charge in [-0.2, -0.15) is 5.26 Å². The lowest BCUT2D eigenvalue weighted by molar-refractivity contribution is 0.112. The Morgan fingerprint density at radius 1 is 1.25 bits per heavy atom. The summed E-state index contributed by atoms with van der Waals surface area (Å²) in [6, 6.07) is 12.4. The van der Waals surface area contributed by atoms with Crippen molar-refractivity contribution in [3.05, 3.63) is 46.8 Å². The fourth-order valence-corrected chi connectivity index (χ4v) is 1.89. The van der Waals surface area contributed by atoms with Crippen LogP contribution in [0.3, 0.4) is 0 Å². The number of aldehydes is 1. The van der Waals surface area contributed by atoms with Crippen molar-refractivity contribution in [2.45, 2.75) is 0 Å². The molecule has 0 saturated carbocycles. The van der Waals surface area contributed by atoms with Crippen molar-refractivity contribution < 1.29 is 9.53 Å². The van der Waals surface area contributed by atoms with Crippen molar-refractivity contribution in [2.75, 3.05) is 0 Å². The topological polar surface area (TPSA) is 50.1 Å². The summed E-state index contributed by atoms with van der Waals surface area (Å²) in [7, 11) is 0. The molecule has 1 aromatic carbocycles. The maximum Gasteiger partial charge on any atom is 0.181 e. The quantitative estimate of drug-likeness (QED) is 0.759. The molecule has 0 radical (unpaired) electrons. The number of nitriles is 1. The molecule has 0 fully saturated rings. The Hall–Kier alpha value is -2.12. The minimum absolute atomic E-state index is 0.476. The summed E-state index contributed by atoms with van der Waals surface area (Å²) in [6.45, 7) is 0. The number of carbonyl (C=O) groups is 1. The molecule has 0 aliphatic heterocycles. The summed E-state index contributed by atoms with van der Waals surface area (Å²) < 4.78 is 5.52. The summed E-state index contributed by atoms with van der Waals surface area (Å²) >= 11 is 1.25. The van der Waals surface area contributed by atoms with Gasteiger partial charge in [-0.15, -0.1) is 0 Å². The standard InChI is InChI=1S/C12H7NO2S/c13-7-9-3-1-2-4-11(9)15-12-6-5-10(8-14)16-12/h1-6,8H. The molecule has 0 N–H and O–H groups in total. The Bertz CT molecular complexity index is 554. The fraction of sp³-hybridized carbons (Fsp3) is 0. The first-order valence-corrected chi connectivity index (χ1v) is 5.37. The van der Waals surface area contributed by atoms with Gasteiger partial charge in [0.05, 0.1) is 10.4 Å². The first kappa shape index (κ1) is 10.4. The molecular weight excluding hydrogens is 222 g/mol. The van der Waals surface area contributed by atoms with E-state index in [9.17, 15) is 4.79 Å². The zero-order chi connectivity index (χ0) is 11.4. The Morgan fingerprint density at radius 3 is 2.75 bits per heavy atom. The Balaban J connectivity index is 2.27. The predicted octanol–water partition coefficient (Wildman–Crippen LogP) is 3.22. The Morgan fingerprint density at radius 2 is 2.06 bits per heavy atom. The van der Waals surface area contributed by atoms with Crippen LogP contribution in [0.25, 0.3) is 0 Å². The summed E-state index contributed by atoms with van der Waals surface area (Å²) in [6.07, 6.45) is 0.772. The fourth-order valence-electron chi connectivity index (χ4n) is 1.21. The van der Waals surface area contributed by atoms with Crippen molar-refractivity contribution in [1.82, 2.24) is 0 Å². The molecule has 2 rings (SSSR count). The third kappa shape index (κ3) is 2.10. The van der Waals surface area contributed by atoms with Crippen molar-refractivity contribution in [3.8, 4) is 16.9 Å². The zero-order valence-corrected chi connectivity index (χ0v) is 9.03. The first-order chi connectivity index (χ1) is 7.83. The maximum absolute atomic E-state index is 10.5. The van der Waals surface area contributed by atoms with Gasteiger partial charge in [-0.3, -0.25) is 4.79 Å². The molecule has 0 saturated heterocycles. The predicted molar refractivity (Wildman–Crippen MR) is 60.9 cm³/mol. The lowest BCUT2D eigenvalue weighted by atomic mass is 10.2. The van der Waals surface area contributed by atoms with Crippen LogP contribution in [0.4, 0.5) is 0 Å². The highest BCUT2D eigenvalue weighted by atomic mass is 32.1. The maximum atomic E-state index is 10.5. The molecule has 0 bridgehead atoms. The Kier molecular flexibility index (Phi) is 2.99. The van der Waals surface area contributed by atoms with E-state index < -0.39 is 0 Å². The molecule has 78 valence electrons. The molecule has 0 spiro atoms. The zero-order valence-electron chi connectivity index (χ0n) is 8.21. The highest BCUT2D eigenvalue weighted by Crippen LogP contribution is 2.30. The van der Waals surface area contributed by atoms with Crippen molar-refractivity contribution >= 4 is 17.6 Å². The first-order valence-electron chi connectivity index (χ1n) is 4.55. The second kappa shape index (κ2) is 4.60. The molecule has 0 amide bonds. The lowest BCUT2D eigenvalue weighted by Gasteiger charge is -2.03. The summed E-state index contributed by atoms with van der Waals surface area (Å²) in [5.74, 6) is 0.504. The van der Waals surface area contributed by atoms with E-state index in [1.807, 2.05) is 6.07 Å². The smallest absolute Gasteiger partial charge is 0.181 e. The average Bonchev–Trinajstić information content (AvgIpc) is 2.77. The van der Waals surface area contributed by atoms with Crippen LogP contribution in [0.2, 0.25) is 0 Å². The van der Waals surface area contributed by atoms with Gasteiger partial charge in [-0.25, -0.2) is 0 Å². The summed E-state index contributed by atoms with van der Waals surface area (Å²) in [4.78, 5) is 11.1. The van der Waals surface area contributed by atoms with Gasteiger partial charge in [0.2, 0.25) is 0 Å². The lowest BCUT2D eigenvalue weighted by Crippen LogP contribution is -1.84. The van der Waals surface area contributed by atoms with Gasteiger partial charge in [-0.05, 0) is 24.3 Å². The molecular formula is C12H7NO2S. The largest absolute Gasteiger partial charge is 0.445 e. The molecule has 0 aliphatic carbocycles. The number of para-hydroxylation sites is 1. The van der Waals surface area contributed by atoms with Crippen LogP contribution < -0.4 is 4.74 Å². The summed E-state index contributed by atoms with van der Waals surface area (Å²) in [5, 5.41) is 9.47. The Labute approximate surface area is 96.5 Å². The van der Waals surface area contributed by atoms with E-state index in [0.717, 1.165) is 6.29 Å². The van der Waals surface area contributed by atoms with Crippen LogP contribution in [0.5, 0.6) is 10.8 Å². The van der Waals surface area contributed by atoms with Gasteiger partial charge < -0.3 is 4.74 Å². The van der Waals surface area contributed by atoms with Crippen molar-refractivity contribution in [3.63, 3.8) is 0 Å². The number of thiophene rings is 1. The van der Waals surface area contributed by atoms with E-state index in [2.05, 4.69) is 0 Å². The highest BCUT2D eigenvalue weighted by molar-refractivity contribution is 7.15. The van der Waals surface area contributed by atoms with Crippen LogP contribution in [0.1, 0.15) is 15.2 Å². The molecule has 0 atom stereocenters. The number of nitrogens with zero attached hydrogens (tertiary/aromatic N) is 1. The molecule has 16 heavy (non-hydrogen) atoms. The number of ether oxygens (including phenoxy) is 1. The molecule has 3 nitrogen and oxygen atoms in total. The number of hydrogen-bond acceptors (Lipinski definition) is 4. The van der Waals surface area contributed by atoms with E-state index >= 15 is 0 Å². The van der Waals surface area contributed by atoms with E-state index in [0.29, 0.717) is 21.3 Å². The molecule has 0 unspecified atom stereocenters. The van der Waals surface area contributed by atoms with Gasteiger partial charge in [0, 0.05) is 0 Å². The highest BCUT2D eigenvalue weighted by Gasteiger charge is 2.05. The molecule has 0 aliphatic rings. The van der Waals surface area contributed by atoms with Crippen LogP contribution in [-0.4, -0.2) is 6.29 Å². The second-order valence-corrected chi connectivity index (χ2v) is 4.06. The number of benzene rings is 1. The van der Waals surface area contributed by atoms with E-state index in [1.165, 1.54) is 11.3 Å². The minimum Gasteiger partial charge on any atom is -0.445 e. The van der Waals surface area contributed by atoms with Crippen LogP contribution in [0, 0.1) is 11.3 Å². The van der Waals surface area contributed by atoms with Crippen molar-refractivity contribution in [1.29, 1.82) is 5.26 Å². The molecule has 1 heterocycles. The van der Waals surface area contributed by atoms with Gasteiger partial charge in [-0.1, -0.05) is 23.5 Å². The van der Waals surface area contributed by atoms with Gasteiger partial charge in [0.15, 0.2) is 11.3 Å². The van der Waals surface area contributed by atoms with E-state index in [4.69, 9.17) is 10.00 Å². The molecule has 4 heteroatoms. The van der Waals surface area contributed by atoms with E-state index in [-0.39, 0.29) is 0 Å². The third-order valence-corrected chi connectivity index (χ3v) is 2.82. The average molecular weight is 229 g/mol. The van der Waals surface area contributed by atoms with Crippen LogP contribution in [0.15, 0.2) is 36.4 Å². The minimum atomic E-state index is 0.476. The van der Waals surface area contributed by atoms with Gasteiger partial charge in [0.25, 0.3) is 0 Å². The SMILES string of the molecule is N#Cc1ccccc1Oc1ccc(C=O)s1. The van der Waals surface area contributed by atoms with Crippen LogP contribution >= 0.6 is 11.3 Å². The normalized spacial score (nSPS) is 9.44. The van der Waals surface area contributed by atoms with Crippen LogP contribution in [-0.2, 0) is 0 Å². The second-order valence-electron chi connectivity index (χ2n) is 2.98. The number of carbonyl (C=O) groups excluding carboxylic acids is 1. The van der Waals surface area contributed by atoms with Gasteiger partial charge >= 0.3 is 0 Å². The monoisotopic (exact) mass is 229 g/mol. The van der Waals surface area contributed by atoms with Gasteiger partial charge in [0.1, 0.15) is 11.8 Å². The number of rotatable bonds is 3. The summed E-state index contributed by atoms with van der Waals surface area (Å²) in [5.41, 5.74) is 0.476. The molecule has 2 aromatic rings. The third-order valence-electron chi connectivity index (χ3n) is 1.94. The van der Waals surface area contributed by atoms with E-state index in [1.54, 1.807) is 36.4 Å². The molecule has 1 aromatic heterocycles.